The van der Waals surface area contributed by atoms with E-state index in [1.54, 1.807) is 0 Å². The number of aryl methyl sites for hydroxylation is 2. The van der Waals surface area contributed by atoms with Crippen molar-refractivity contribution in [1.82, 2.24) is 4.57 Å². The molecule has 0 aliphatic heterocycles. The van der Waals surface area contributed by atoms with Gasteiger partial charge in [-0.2, -0.15) is 4.91 Å². The summed E-state index contributed by atoms with van der Waals surface area (Å²) in [5.41, 5.74) is 3.60. The smallest absolute Gasteiger partial charge is 0.132 e. The first-order valence-electron chi connectivity index (χ1n) is 5.81. The Morgan fingerprint density at radius 3 is 3.06 bits per heavy atom. The van der Waals surface area contributed by atoms with Crippen LogP contribution in [-0.2, 0) is 13.5 Å². The monoisotopic (exact) mass is 292 g/mol. The summed E-state index contributed by atoms with van der Waals surface area (Å²) < 4.78 is 3.19. The second-order valence-corrected chi connectivity index (χ2v) is 5.51. The highest BCUT2D eigenvalue weighted by Crippen LogP contribution is 2.39. The molecular formula is C13H13BrN2O. The maximum Gasteiger partial charge on any atom is 0.132 e. The number of nitroso groups, excluding NO2 is 1. The molecule has 0 fully saturated rings. The SMILES string of the molecule is Cn1c2c(c3ccc(Br)cc31)CCCC2N=O. The first kappa shape index (κ1) is 11.0. The zero-order valence-electron chi connectivity index (χ0n) is 9.61. The zero-order valence-corrected chi connectivity index (χ0v) is 11.2. The predicted octanol–water partition coefficient (Wildman–Crippen LogP) is 4.08. The Kier molecular flexibility index (Phi) is 2.54. The molecule has 0 spiro atoms. The van der Waals surface area contributed by atoms with Gasteiger partial charge in [0, 0.05) is 22.4 Å². The Labute approximate surface area is 108 Å². The van der Waals surface area contributed by atoms with E-state index in [-0.39, 0.29) is 6.04 Å². The first-order valence-corrected chi connectivity index (χ1v) is 6.61. The highest BCUT2D eigenvalue weighted by atomic mass is 79.9. The Balaban J connectivity index is 2.36. The minimum atomic E-state index is -0.171. The van der Waals surface area contributed by atoms with E-state index in [4.69, 9.17) is 0 Å². The van der Waals surface area contributed by atoms with Crippen molar-refractivity contribution in [2.75, 3.05) is 0 Å². The fourth-order valence-electron chi connectivity index (χ4n) is 2.91. The maximum absolute atomic E-state index is 10.9. The van der Waals surface area contributed by atoms with Crippen molar-refractivity contribution in [3.05, 3.63) is 38.8 Å². The third kappa shape index (κ3) is 1.54. The number of hydrogen-bond acceptors (Lipinski definition) is 2. The second-order valence-electron chi connectivity index (χ2n) is 4.60. The molecule has 0 radical (unpaired) electrons. The molecule has 17 heavy (non-hydrogen) atoms. The van der Waals surface area contributed by atoms with Crippen LogP contribution in [0.3, 0.4) is 0 Å². The molecule has 0 N–H and O–H groups in total. The molecule has 0 bridgehead atoms. The average molecular weight is 293 g/mol. The van der Waals surface area contributed by atoms with Gasteiger partial charge in [0.1, 0.15) is 6.04 Å². The van der Waals surface area contributed by atoms with Crippen LogP contribution in [0.25, 0.3) is 10.9 Å². The predicted molar refractivity (Wildman–Crippen MR) is 72.1 cm³/mol. The first-order chi connectivity index (χ1) is 8.22. The van der Waals surface area contributed by atoms with Crippen LogP contribution in [0.1, 0.15) is 30.1 Å². The minimum Gasteiger partial charge on any atom is -0.345 e. The number of nitrogens with zero attached hydrogens (tertiary/aromatic N) is 2. The van der Waals surface area contributed by atoms with Gasteiger partial charge in [-0.3, -0.25) is 0 Å². The lowest BCUT2D eigenvalue weighted by Gasteiger charge is -2.18. The number of benzene rings is 1. The normalized spacial score (nSPS) is 19.3. The van der Waals surface area contributed by atoms with Crippen molar-refractivity contribution >= 4 is 26.8 Å². The van der Waals surface area contributed by atoms with Crippen molar-refractivity contribution in [3.63, 3.8) is 0 Å². The van der Waals surface area contributed by atoms with Crippen LogP contribution in [0.15, 0.2) is 27.8 Å². The molecule has 3 nitrogen and oxygen atoms in total. The van der Waals surface area contributed by atoms with Crippen LogP contribution in [0.4, 0.5) is 0 Å². The van der Waals surface area contributed by atoms with Gasteiger partial charge in [-0.1, -0.05) is 27.2 Å². The van der Waals surface area contributed by atoms with E-state index in [0.717, 1.165) is 29.4 Å². The third-order valence-corrected chi connectivity index (χ3v) is 4.16. The summed E-state index contributed by atoms with van der Waals surface area (Å²) in [6.07, 6.45) is 2.99. The largest absolute Gasteiger partial charge is 0.345 e. The molecule has 0 amide bonds. The molecule has 1 aromatic heterocycles. The molecule has 0 saturated heterocycles. The number of halogens is 1. The van der Waals surface area contributed by atoms with E-state index >= 15 is 0 Å². The summed E-state index contributed by atoms with van der Waals surface area (Å²) in [7, 11) is 2.02. The van der Waals surface area contributed by atoms with Gasteiger partial charge in [0.15, 0.2) is 0 Å². The van der Waals surface area contributed by atoms with Crippen molar-refractivity contribution in [1.29, 1.82) is 0 Å². The molecule has 1 heterocycles. The lowest BCUT2D eigenvalue weighted by atomic mass is 9.92. The fourth-order valence-corrected chi connectivity index (χ4v) is 3.26. The highest BCUT2D eigenvalue weighted by molar-refractivity contribution is 9.10. The van der Waals surface area contributed by atoms with Crippen molar-refractivity contribution < 1.29 is 0 Å². The number of aromatic nitrogens is 1. The topological polar surface area (TPSA) is 34.4 Å². The molecular weight excluding hydrogens is 280 g/mol. The van der Waals surface area contributed by atoms with Gasteiger partial charge < -0.3 is 4.57 Å². The van der Waals surface area contributed by atoms with Crippen LogP contribution in [0.5, 0.6) is 0 Å². The fraction of sp³-hybridized carbons (Fsp3) is 0.385. The van der Waals surface area contributed by atoms with Crippen LogP contribution < -0.4 is 0 Å². The van der Waals surface area contributed by atoms with Gasteiger partial charge in [-0.15, -0.1) is 0 Å². The average Bonchev–Trinajstić information content (AvgIpc) is 2.63. The van der Waals surface area contributed by atoms with Crippen LogP contribution >= 0.6 is 15.9 Å². The zero-order chi connectivity index (χ0) is 12.0. The Morgan fingerprint density at radius 1 is 1.47 bits per heavy atom. The molecule has 3 rings (SSSR count). The number of rotatable bonds is 1. The molecule has 0 saturated carbocycles. The Hall–Kier alpha value is -1.16. The molecule has 1 aliphatic rings. The van der Waals surface area contributed by atoms with Crippen LogP contribution in [-0.4, -0.2) is 4.57 Å². The molecule has 1 aliphatic carbocycles. The van der Waals surface area contributed by atoms with Gasteiger partial charge in [0.25, 0.3) is 0 Å². The molecule has 1 aromatic carbocycles. The van der Waals surface area contributed by atoms with E-state index in [2.05, 4.69) is 43.9 Å². The maximum atomic E-state index is 10.9. The lowest BCUT2D eigenvalue weighted by Crippen LogP contribution is -2.10. The van der Waals surface area contributed by atoms with Crippen molar-refractivity contribution in [3.8, 4) is 0 Å². The number of fused-ring (bicyclic) bond motifs is 3. The Bertz CT molecular complexity index is 603. The lowest BCUT2D eigenvalue weighted by molar-refractivity contribution is 0.541. The molecule has 1 unspecified atom stereocenters. The summed E-state index contributed by atoms with van der Waals surface area (Å²) in [6, 6.07) is 6.12. The quantitative estimate of drug-likeness (QED) is 0.729. The molecule has 1 atom stereocenters. The molecule has 4 heteroatoms. The van der Waals surface area contributed by atoms with Crippen molar-refractivity contribution in [2.45, 2.75) is 25.3 Å². The van der Waals surface area contributed by atoms with Crippen LogP contribution in [0, 0.1) is 4.91 Å². The van der Waals surface area contributed by atoms with E-state index in [1.165, 1.54) is 16.5 Å². The van der Waals surface area contributed by atoms with Gasteiger partial charge in [-0.25, -0.2) is 0 Å². The molecule has 88 valence electrons. The van der Waals surface area contributed by atoms with E-state index in [9.17, 15) is 4.91 Å². The van der Waals surface area contributed by atoms with E-state index in [0.29, 0.717) is 0 Å². The summed E-state index contributed by atoms with van der Waals surface area (Å²) in [5.74, 6) is 0. The number of hydrogen-bond donors (Lipinski definition) is 0. The van der Waals surface area contributed by atoms with E-state index in [1.807, 2.05) is 7.05 Å². The van der Waals surface area contributed by atoms with Gasteiger partial charge in [-0.05, 0) is 37.0 Å². The minimum absolute atomic E-state index is 0.171. The standard InChI is InChI=1S/C13H13BrN2O/c1-16-12-7-8(14)5-6-9(12)10-3-2-4-11(15-17)13(10)16/h5-7,11H,2-4H2,1H3. The van der Waals surface area contributed by atoms with Crippen molar-refractivity contribution in [2.24, 2.45) is 12.2 Å². The second kappa shape index (κ2) is 3.95. The van der Waals surface area contributed by atoms with Gasteiger partial charge >= 0.3 is 0 Å². The highest BCUT2D eigenvalue weighted by Gasteiger charge is 2.27. The van der Waals surface area contributed by atoms with Gasteiger partial charge in [0.2, 0.25) is 0 Å². The summed E-state index contributed by atoms with van der Waals surface area (Å²) >= 11 is 3.49. The van der Waals surface area contributed by atoms with E-state index < -0.39 is 0 Å². The third-order valence-electron chi connectivity index (χ3n) is 3.66. The summed E-state index contributed by atoms with van der Waals surface area (Å²) in [4.78, 5) is 10.9. The summed E-state index contributed by atoms with van der Waals surface area (Å²) in [6.45, 7) is 0. The molecule has 2 aromatic rings. The van der Waals surface area contributed by atoms with Gasteiger partial charge in [0.05, 0.1) is 5.69 Å². The summed E-state index contributed by atoms with van der Waals surface area (Å²) in [5, 5.41) is 4.55. The Morgan fingerprint density at radius 2 is 2.29 bits per heavy atom. The van der Waals surface area contributed by atoms with Crippen LogP contribution in [0.2, 0.25) is 0 Å².